The lowest BCUT2D eigenvalue weighted by Crippen LogP contribution is -2.70. The molecule has 0 N–H and O–H groups in total. The first-order valence-electron chi connectivity index (χ1n) is 10.4. The van der Waals surface area contributed by atoms with Crippen LogP contribution in [0.5, 0.6) is 0 Å². The van der Waals surface area contributed by atoms with Crippen molar-refractivity contribution < 1.29 is 33.4 Å². The van der Waals surface area contributed by atoms with Crippen LogP contribution in [0.15, 0.2) is 23.5 Å². The van der Waals surface area contributed by atoms with Gasteiger partial charge in [-0.25, -0.2) is 0 Å². The van der Waals surface area contributed by atoms with E-state index in [4.69, 9.17) is 14.2 Å². The molecule has 7 atom stereocenters. The van der Waals surface area contributed by atoms with Gasteiger partial charge in [-0.1, -0.05) is 19.4 Å². The molecule has 1 saturated carbocycles. The Kier molecular flexibility index (Phi) is 4.71. The maximum absolute atomic E-state index is 13.8. The van der Waals surface area contributed by atoms with Crippen molar-refractivity contribution in [2.45, 2.75) is 46.6 Å². The molecule has 0 spiro atoms. The molecule has 1 aliphatic heterocycles. The van der Waals surface area contributed by atoms with E-state index < -0.39 is 28.8 Å². The Morgan fingerprint density at radius 2 is 2.00 bits per heavy atom. The Bertz CT molecular complexity index is 899. The van der Waals surface area contributed by atoms with Gasteiger partial charge in [0.1, 0.15) is 12.7 Å². The minimum Gasteiger partial charge on any atom is -0.493 e. The van der Waals surface area contributed by atoms with Crippen LogP contribution in [0.3, 0.4) is 0 Å². The van der Waals surface area contributed by atoms with Crippen molar-refractivity contribution in [3.63, 3.8) is 0 Å². The summed E-state index contributed by atoms with van der Waals surface area (Å²) < 4.78 is 16.6. The lowest BCUT2D eigenvalue weighted by Gasteiger charge is -2.64. The first-order chi connectivity index (χ1) is 14.1. The molecule has 7 heteroatoms. The molecule has 3 aliphatic carbocycles. The molecule has 2 fully saturated rings. The van der Waals surface area contributed by atoms with Gasteiger partial charge in [-0.15, -0.1) is 0 Å². The van der Waals surface area contributed by atoms with Gasteiger partial charge in [0.05, 0.1) is 18.9 Å². The molecule has 0 unspecified atom stereocenters. The van der Waals surface area contributed by atoms with Crippen molar-refractivity contribution >= 4 is 23.5 Å². The minimum absolute atomic E-state index is 0.128. The lowest BCUT2D eigenvalue weighted by atomic mass is 9.40. The minimum atomic E-state index is -1.26. The van der Waals surface area contributed by atoms with Crippen LogP contribution in [0, 0.1) is 34.5 Å². The van der Waals surface area contributed by atoms with Gasteiger partial charge in [-0.3, -0.25) is 19.2 Å². The molecule has 1 heterocycles. The second-order valence-corrected chi connectivity index (χ2v) is 9.41. The molecule has 30 heavy (non-hydrogen) atoms. The number of ether oxygens (including phenoxy) is 3. The normalized spacial score (nSPS) is 42.3. The topological polar surface area (TPSA) is 96.0 Å². The summed E-state index contributed by atoms with van der Waals surface area (Å²) >= 11 is 0. The number of hydrogen-bond acceptors (Lipinski definition) is 7. The first kappa shape index (κ1) is 20.8. The van der Waals surface area contributed by atoms with E-state index >= 15 is 0 Å². The van der Waals surface area contributed by atoms with Crippen molar-refractivity contribution in [1.29, 1.82) is 0 Å². The third-order valence-electron chi connectivity index (χ3n) is 7.99. The third kappa shape index (κ3) is 2.56. The highest BCUT2D eigenvalue weighted by molar-refractivity contribution is 6.06. The highest BCUT2D eigenvalue weighted by atomic mass is 16.5. The van der Waals surface area contributed by atoms with Gasteiger partial charge in [0.2, 0.25) is 5.78 Å². The maximum Gasteiger partial charge on any atom is 0.306 e. The fraction of sp³-hybridized carbons (Fsp3) is 0.652. The van der Waals surface area contributed by atoms with Gasteiger partial charge in [0.25, 0.3) is 0 Å². The summed E-state index contributed by atoms with van der Waals surface area (Å²) in [4.78, 5) is 51.5. The average Bonchev–Trinajstić information content (AvgIpc) is 2.66. The van der Waals surface area contributed by atoms with Crippen LogP contribution < -0.4 is 0 Å². The van der Waals surface area contributed by atoms with Crippen molar-refractivity contribution in [3.05, 3.63) is 23.5 Å². The highest BCUT2D eigenvalue weighted by Gasteiger charge is 2.72. The van der Waals surface area contributed by atoms with Gasteiger partial charge < -0.3 is 14.2 Å². The number of carbonyl (C=O) groups is 4. The standard InChI is InChI=1S/C23H28O7/c1-11-6-16(25)20-22(4)14(11)9-19(26)30-18(22)8-15-12(2)7-17(28-5)21(27)23(15,20)10-29-13(3)24/h6-7,12,14-15,18,20H,8-10H2,1-5H3/t12-,14+,15+,18-,20+,22-,23+/m1/s1. The Labute approximate surface area is 175 Å². The summed E-state index contributed by atoms with van der Waals surface area (Å²) in [5.41, 5.74) is -1.18. The molecular formula is C23H28O7. The molecule has 7 nitrogen and oxygen atoms in total. The highest BCUT2D eigenvalue weighted by Crippen LogP contribution is 2.66. The summed E-state index contributed by atoms with van der Waals surface area (Å²) in [6.07, 6.45) is 3.44. The Morgan fingerprint density at radius 1 is 1.30 bits per heavy atom. The number of methoxy groups -OCH3 is 1. The monoisotopic (exact) mass is 416 g/mol. The van der Waals surface area contributed by atoms with E-state index in [0.29, 0.717) is 6.42 Å². The number of hydrogen-bond donors (Lipinski definition) is 0. The van der Waals surface area contributed by atoms with Crippen LogP contribution in [-0.2, 0) is 33.4 Å². The molecule has 0 bridgehead atoms. The van der Waals surface area contributed by atoms with Crippen LogP contribution in [0.4, 0.5) is 0 Å². The maximum atomic E-state index is 13.8. The van der Waals surface area contributed by atoms with Crippen molar-refractivity contribution in [2.75, 3.05) is 13.7 Å². The average molecular weight is 416 g/mol. The molecule has 4 aliphatic rings. The van der Waals surface area contributed by atoms with Crippen molar-refractivity contribution in [1.82, 2.24) is 0 Å². The molecule has 4 rings (SSSR count). The van der Waals surface area contributed by atoms with E-state index in [-0.39, 0.29) is 54.1 Å². The second kappa shape index (κ2) is 6.79. The van der Waals surface area contributed by atoms with Crippen molar-refractivity contribution in [3.8, 4) is 0 Å². The second-order valence-electron chi connectivity index (χ2n) is 9.41. The number of carbonyl (C=O) groups excluding carboxylic acids is 4. The van der Waals surface area contributed by atoms with Crippen LogP contribution >= 0.6 is 0 Å². The van der Waals surface area contributed by atoms with Gasteiger partial charge in [-0.2, -0.15) is 0 Å². The smallest absolute Gasteiger partial charge is 0.306 e. The molecule has 0 aromatic heterocycles. The number of allylic oxidation sites excluding steroid dienone is 4. The molecule has 0 aromatic carbocycles. The quantitative estimate of drug-likeness (QED) is 0.652. The van der Waals surface area contributed by atoms with Gasteiger partial charge >= 0.3 is 11.9 Å². The number of esters is 2. The van der Waals surface area contributed by atoms with Crippen LogP contribution in [0.2, 0.25) is 0 Å². The Morgan fingerprint density at radius 3 is 2.63 bits per heavy atom. The van der Waals surface area contributed by atoms with Crippen molar-refractivity contribution in [2.24, 2.45) is 34.5 Å². The van der Waals surface area contributed by atoms with E-state index in [1.165, 1.54) is 14.0 Å². The molecule has 162 valence electrons. The first-order valence-corrected chi connectivity index (χ1v) is 10.4. The summed E-state index contributed by atoms with van der Waals surface area (Å²) in [7, 11) is 1.43. The fourth-order valence-electron chi connectivity index (χ4n) is 6.75. The van der Waals surface area contributed by atoms with Gasteiger partial charge in [0, 0.05) is 24.2 Å². The number of Topliss-reactive ketones (excluding diaryl/α,β-unsaturated/α-hetero) is 1. The zero-order valence-electron chi connectivity index (χ0n) is 18.0. The van der Waals surface area contributed by atoms with E-state index in [2.05, 4.69) is 0 Å². The number of ketones is 2. The zero-order valence-corrected chi connectivity index (χ0v) is 18.0. The fourth-order valence-corrected chi connectivity index (χ4v) is 6.75. The van der Waals surface area contributed by atoms with Crippen LogP contribution in [0.25, 0.3) is 0 Å². The summed E-state index contributed by atoms with van der Waals surface area (Å²) in [5, 5.41) is 0. The predicted molar refractivity (Wildman–Crippen MR) is 105 cm³/mol. The van der Waals surface area contributed by atoms with E-state index in [1.807, 2.05) is 20.8 Å². The van der Waals surface area contributed by atoms with E-state index in [9.17, 15) is 19.2 Å². The molecule has 0 aromatic rings. The molecule has 0 amide bonds. The third-order valence-corrected chi connectivity index (χ3v) is 7.99. The van der Waals surface area contributed by atoms with Gasteiger partial charge in [-0.05, 0) is 37.3 Å². The Balaban J connectivity index is 1.97. The number of fused-ring (bicyclic) bond motifs is 2. The summed E-state index contributed by atoms with van der Waals surface area (Å²) in [6, 6.07) is 0. The van der Waals surface area contributed by atoms with E-state index in [0.717, 1.165) is 5.57 Å². The summed E-state index contributed by atoms with van der Waals surface area (Å²) in [5.74, 6) is -2.52. The number of rotatable bonds is 3. The van der Waals surface area contributed by atoms with Crippen LogP contribution in [-0.4, -0.2) is 43.3 Å². The molecule has 1 saturated heterocycles. The zero-order chi connectivity index (χ0) is 22.0. The molecular weight excluding hydrogens is 388 g/mol. The lowest BCUT2D eigenvalue weighted by molar-refractivity contribution is -0.223. The molecule has 0 radical (unpaired) electrons. The largest absolute Gasteiger partial charge is 0.493 e. The SMILES string of the molecule is COC1=C[C@@H](C)[C@@H]2C[C@H]3OC(=O)C[C@H]4C(C)=CC(=O)[C@H]([C@@]2(COC(C)=O)C1=O)[C@@]34C. The summed E-state index contributed by atoms with van der Waals surface area (Å²) in [6.45, 7) is 6.86. The predicted octanol–water partition coefficient (Wildman–Crippen LogP) is 2.39. The van der Waals surface area contributed by atoms with E-state index in [1.54, 1.807) is 12.2 Å². The van der Waals surface area contributed by atoms with Gasteiger partial charge in [0.15, 0.2) is 11.5 Å². The Hall–Kier alpha value is -2.44. The van der Waals surface area contributed by atoms with Crippen LogP contribution in [0.1, 0.15) is 40.5 Å².